The molecule has 0 radical (unpaired) electrons. The lowest BCUT2D eigenvalue weighted by atomic mass is 9.99. The van der Waals surface area contributed by atoms with Gasteiger partial charge >= 0.3 is 0 Å². The Hall–Kier alpha value is -1.31. The molecule has 0 saturated carbocycles. The van der Waals surface area contributed by atoms with Crippen molar-refractivity contribution in [2.45, 2.75) is 5.38 Å². The molecule has 0 aliphatic carbocycles. The molecule has 2 aromatic carbocycles. The van der Waals surface area contributed by atoms with Crippen LogP contribution in [0.4, 0.5) is 4.39 Å². The van der Waals surface area contributed by atoms with Crippen LogP contribution in [0.1, 0.15) is 16.5 Å². The quantitative estimate of drug-likeness (QED) is 0.654. The lowest BCUT2D eigenvalue weighted by Crippen LogP contribution is -1.95. The van der Waals surface area contributed by atoms with Gasteiger partial charge in [0.1, 0.15) is 5.82 Å². The molecule has 92 valence electrons. The summed E-state index contributed by atoms with van der Waals surface area (Å²) in [7, 11) is 0. The van der Waals surface area contributed by atoms with E-state index in [9.17, 15) is 4.39 Å². The van der Waals surface area contributed by atoms with Crippen molar-refractivity contribution in [1.29, 1.82) is 0 Å². The molecule has 1 atom stereocenters. The lowest BCUT2D eigenvalue weighted by Gasteiger charge is -2.14. The fraction of sp³-hybridized carbons (Fsp3) is 0.0667. The first-order valence-corrected chi connectivity index (χ1v) is 6.24. The van der Waals surface area contributed by atoms with Gasteiger partial charge in [-0.1, -0.05) is 48.5 Å². The zero-order chi connectivity index (χ0) is 13.1. The maximum absolute atomic E-state index is 12.9. The Morgan fingerprint density at radius 2 is 1.67 bits per heavy atom. The molecule has 0 amide bonds. The van der Waals surface area contributed by atoms with E-state index < -0.39 is 5.38 Å². The Kier molecular flexibility index (Phi) is 4.05. The minimum atomic E-state index is -0.427. The summed E-state index contributed by atoms with van der Waals surface area (Å²) in [5.41, 5.74) is 2.30. The highest BCUT2D eigenvalue weighted by Crippen LogP contribution is 2.37. The molecule has 18 heavy (non-hydrogen) atoms. The van der Waals surface area contributed by atoms with E-state index in [2.05, 4.69) is 6.58 Å². The van der Waals surface area contributed by atoms with E-state index in [1.165, 1.54) is 12.1 Å². The largest absolute Gasteiger partial charge is 0.207 e. The minimum absolute atomic E-state index is 0.282. The molecule has 2 rings (SSSR count). The van der Waals surface area contributed by atoms with Crippen molar-refractivity contribution < 1.29 is 4.39 Å². The molecule has 1 unspecified atom stereocenters. The highest BCUT2D eigenvalue weighted by atomic mass is 35.5. The summed E-state index contributed by atoms with van der Waals surface area (Å²) < 4.78 is 12.9. The second-order valence-electron chi connectivity index (χ2n) is 3.92. The number of rotatable bonds is 3. The van der Waals surface area contributed by atoms with Gasteiger partial charge in [0.05, 0.1) is 5.38 Å². The summed E-state index contributed by atoms with van der Waals surface area (Å²) in [6.45, 7) is 3.96. The van der Waals surface area contributed by atoms with Gasteiger partial charge in [0.2, 0.25) is 0 Å². The highest BCUT2D eigenvalue weighted by molar-refractivity contribution is 6.34. The van der Waals surface area contributed by atoms with Gasteiger partial charge in [0, 0.05) is 5.02 Å². The first kappa shape index (κ1) is 13.1. The summed E-state index contributed by atoms with van der Waals surface area (Å²) in [5, 5.41) is 0.171. The van der Waals surface area contributed by atoms with Crippen LogP contribution in [0, 0.1) is 5.82 Å². The van der Waals surface area contributed by atoms with E-state index in [0.29, 0.717) is 10.6 Å². The predicted molar refractivity (Wildman–Crippen MR) is 75.5 cm³/mol. The number of hydrogen-bond acceptors (Lipinski definition) is 0. The van der Waals surface area contributed by atoms with E-state index in [1.54, 1.807) is 18.2 Å². The van der Waals surface area contributed by atoms with E-state index in [1.807, 2.05) is 18.2 Å². The maximum atomic E-state index is 12.9. The molecule has 0 aliphatic rings. The molecular formula is C15H11Cl2F. The average molecular weight is 281 g/mol. The normalized spacial score (nSPS) is 12.2. The van der Waals surface area contributed by atoms with Gasteiger partial charge < -0.3 is 0 Å². The van der Waals surface area contributed by atoms with Crippen LogP contribution in [0.5, 0.6) is 0 Å². The monoisotopic (exact) mass is 280 g/mol. The van der Waals surface area contributed by atoms with Crippen LogP contribution in [-0.4, -0.2) is 0 Å². The first-order chi connectivity index (χ1) is 8.59. The van der Waals surface area contributed by atoms with Gasteiger partial charge in [-0.2, -0.15) is 0 Å². The average Bonchev–Trinajstić information content (AvgIpc) is 2.38. The molecule has 0 N–H and O–H groups in total. The molecule has 0 nitrogen and oxygen atoms in total. The van der Waals surface area contributed by atoms with E-state index in [0.717, 1.165) is 11.1 Å². The smallest absolute Gasteiger partial charge is 0.123 e. The van der Waals surface area contributed by atoms with Crippen LogP contribution in [0.2, 0.25) is 5.02 Å². The summed E-state index contributed by atoms with van der Waals surface area (Å²) >= 11 is 12.4. The van der Waals surface area contributed by atoms with Crippen molar-refractivity contribution in [3.8, 4) is 0 Å². The van der Waals surface area contributed by atoms with E-state index >= 15 is 0 Å². The summed E-state index contributed by atoms with van der Waals surface area (Å²) in [6.07, 6.45) is 0. The third kappa shape index (κ3) is 2.74. The maximum Gasteiger partial charge on any atom is 0.123 e. The predicted octanol–water partition coefficient (Wildman–Crippen LogP) is 5.47. The van der Waals surface area contributed by atoms with Crippen LogP contribution < -0.4 is 0 Å². The Morgan fingerprint density at radius 3 is 2.28 bits per heavy atom. The van der Waals surface area contributed by atoms with Gasteiger partial charge in [-0.3, -0.25) is 0 Å². The molecule has 3 heteroatoms. The first-order valence-electron chi connectivity index (χ1n) is 5.43. The van der Waals surface area contributed by atoms with Crippen LogP contribution in [0.25, 0.3) is 5.57 Å². The second kappa shape index (κ2) is 5.55. The van der Waals surface area contributed by atoms with Gasteiger partial charge in [-0.05, 0) is 34.9 Å². The standard InChI is InChI=1S/C15H11Cl2F/c1-10(11-6-8-12(18)9-7-11)15(17)13-4-2-3-5-14(13)16/h2-9,15H,1H2. The highest BCUT2D eigenvalue weighted by Gasteiger charge is 2.16. The lowest BCUT2D eigenvalue weighted by molar-refractivity contribution is 0.627. The molecule has 0 heterocycles. The number of halogens is 3. The molecule has 0 bridgehead atoms. The van der Waals surface area contributed by atoms with Crippen molar-refractivity contribution in [2.24, 2.45) is 0 Å². The number of hydrogen-bond donors (Lipinski definition) is 0. The van der Waals surface area contributed by atoms with Gasteiger partial charge in [-0.25, -0.2) is 4.39 Å². The molecule has 0 aromatic heterocycles. The summed E-state index contributed by atoms with van der Waals surface area (Å²) in [5.74, 6) is -0.282. The molecular weight excluding hydrogens is 270 g/mol. The number of benzene rings is 2. The third-order valence-corrected chi connectivity index (χ3v) is 3.54. The molecule has 0 aliphatic heterocycles. The zero-order valence-corrected chi connectivity index (χ0v) is 11.0. The van der Waals surface area contributed by atoms with Crippen LogP contribution >= 0.6 is 23.2 Å². The topological polar surface area (TPSA) is 0 Å². The van der Waals surface area contributed by atoms with Crippen molar-refractivity contribution in [3.05, 3.63) is 77.1 Å². The SMILES string of the molecule is C=C(c1ccc(F)cc1)C(Cl)c1ccccc1Cl. The van der Waals surface area contributed by atoms with Crippen molar-refractivity contribution in [3.63, 3.8) is 0 Å². The van der Waals surface area contributed by atoms with E-state index in [4.69, 9.17) is 23.2 Å². The van der Waals surface area contributed by atoms with Crippen molar-refractivity contribution in [1.82, 2.24) is 0 Å². The third-order valence-electron chi connectivity index (χ3n) is 2.70. The van der Waals surface area contributed by atoms with Crippen LogP contribution in [0.15, 0.2) is 55.1 Å². The number of allylic oxidation sites excluding steroid dienone is 1. The fourth-order valence-electron chi connectivity index (χ4n) is 1.68. The van der Waals surface area contributed by atoms with Crippen LogP contribution in [-0.2, 0) is 0 Å². The van der Waals surface area contributed by atoms with Gasteiger partial charge in [0.15, 0.2) is 0 Å². The molecule has 0 fully saturated rings. The van der Waals surface area contributed by atoms with Crippen LogP contribution in [0.3, 0.4) is 0 Å². The molecule has 0 saturated heterocycles. The summed E-state index contributed by atoms with van der Waals surface area (Å²) in [6, 6.07) is 13.4. The molecule has 0 spiro atoms. The second-order valence-corrected chi connectivity index (χ2v) is 4.76. The van der Waals surface area contributed by atoms with Gasteiger partial charge in [-0.15, -0.1) is 11.6 Å². The fourth-order valence-corrected chi connectivity index (χ4v) is 2.30. The number of alkyl halides is 1. The molecule has 2 aromatic rings. The summed E-state index contributed by atoms with van der Waals surface area (Å²) in [4.78, 5) is 0. The van der Waals surface area contributed by atoms with E-state index in [-0.39, 0.29) is 5.82 Å². The Morgan fingerprint density at radius 1 is 1.06 bits per heavy atom. The Bertz CT molecular complexity index is 561. The minimum Gasteiger partial charge on any atom is -0.207 e. The Balaban J connectivity index is 2.29. The van der Waals surface area contributed by atoms with Crippen molar-refractivity contribution in [2.75, 3.05) is 0 Å². The Labute approximate surface area is 116 Å². The van der Waals surface area contributed by atoms with Crippen molar-refractivity contribution >= 4 is 28.8 Å². The van der Waals surface area contributed by atoms with Gasteiger partial charge in [0.25, 0.3) is 0 Å². The zero-order valence-electron chi connectivity index (χ0n) is 9.54.